The van der Waals surface area contributed by atoms with Crippen LogP contribution in [0, 0.1) is 0 Å². The molecule has 0 aromatic rings. The van der Waals surface area contributed by atoms with Gasteiger partial charge >= 0.3 is 11.9 Å². The maximum atomic E-state index is 10.2. The minimum absolute atomic E-state index is 0.0401. The Kier molecular flexibility index (Phi) is 11.8. The highest BCUT2D eigenvalue weighted by Gasteiger charge is 2.09. The van der Waals surface area contributed by atoms with Crippen molar-refractivity contribution in [3.63, 3.8) is 0 Å². The first-order valence-corrected chi connectivity index (χ1v) is 7.15. The van der Waals surface area contributed by atoms with Crippen molar-refractivity contribution in [3.05, 3.63) is 24.3 Å². The number of aliphatic hydroxyl groups excluding tert-OH is 2. The van der Waals surface area contributed by atoms with E-state index in [-0.39, 0.29) is 38.8 Å². The number of carbonyl (C=O) groups is 2. The Morgan fingerprint density at radius 3 is 1.87 bits per heavy atom. The third kappa shape index (κ3) is 14.9. The van der Waals surface area contributed by atoms with E-state index in [0.29, 0.717) is 0 Å². The normalized spacial score (nSPS) is 15.8. The molecule has 4 N–H and O–H groups in total. The number of carboxylic acids is 2. The molecule has 0 fully saturated rings. The number of carboxylic acid groups (broad SMARTS) is 2. The second kappa shape index (κ2) is 12.8. The molecule has 0 aliphatic heterocycles. The molecule has 0 amide bonds. The lowest BCUT2D eigenvalue weighted by Crippen LogP contribution is -2.25. The van der Waals surface area contributed by atoms with E-state index in [9.17, 15) is 19.8 Å². The summed E-state index contributed by atoms with van der Waals surface area (Å²) in [7, 11) is 0. The van der Waals surface area contributed by atoms with Crippen LogP contribution < -0.4 is 0 Å². The summed E-state index contributed by atoms with van der Waals surface area (Å²) in [5, 5.41) is 35.9. The van der Waals surface area contributed by atoms with Crippen LogP contribution in [0.2, 0.25) is 0 Å². The zero-order chi connectivity index (χ0) is 17.7. The van der Waals surface area contributed by atoms with Crippen LogP contribution in [0.25, 0.3) is 0 Å². The Morgan fingerprint density at radius 1 is 0.913 bits per heavy atom. The first-order valence-electron chi connectivity index (χ1n) is 7.15. The molecule has 0 saturated carbocycles. The predicted octanol–water partition coefficient (Wildman–Crippen LogP) is 0.192. The van der Waals surface area contributed by atoms with Crippen molar-refractivity contribution in [3.8, 4) is 0 Å². The molecule has 0 aromatic carbocycles. The molecule has 0 aliphatic rings. The zero-order valence-electron chi connectivity index (χ0n) is 13.0. The summed E-state index contributed by atoms with van der Waals surface area (Å²) in [4.78, 5) is 20.5. The van der Waals surface area contributed by atoms with Crippen molar-refractivity contribution >= 4 is 11.9 Å². The van der Waals surface area contributed by atoms with E-state index in [1.807, 2.05) is 0 Å². The monoisotopic (exact) mass is 332 g/mol. The minimum atomic E-state index is -1.07. The van der Waals surface area contributed by atoms with Crippen molar-refractivity contribution < 1.29 is 39.5 Å². The van der Waals surface area contributed by atoms with Crippen LogP contribution in [0.3, 0.4) is 0 Å². The summed E-state index contributed by atoms with van der Waals surface area (Å²) in [6.45, 7) is 2.02. The van der Waals surface area contributed by atoms with Crippen molar-refractivity contribution in [1.29, 1.82) is 0 Å². The van der Waals surface area contributed by atoms with Gasteiger partial charge in [-0.05, 0) is 19.8 Å². The van der Waals surface area contributed by atoms with E-state index in [0.717, 1.165) is 12.2 Å². The molecule has 0 aromatic heterocycles. The molecule has 23 heavy (non-hydrogen) atoms. The highest BCUT2D eigenvalue weighted by molar-refractivity contribution is 5.79. The highest BCUT2D eigenvalue weighted by Crippen LogP contribution is 2.01. The van der Waals surface area contributed by atoms with Gasteiger partial charge in [0.2, 0.25) is 0 Å². The van der Waals surface area contributed by atoms with Crippen LogP contribution in [-0.4, -0.2) is 70.5 Å². The zero-order valence-corrected chi connectivity index (χ0v) is 13.0. The Hall–Kier alpha value is -1.74. The number of ether oxygens (including phenoxy) is 2. The lowest BCUT2D eigenvalue weighted by molar-refractivity contribution is -0.132. The predicted molar refractivity (Wildman–Crippen MR) is 81.0 cm³/mol. The van der Waals surface area contributed by atoms with E-state index in [4.69, 9.17) is 19.7 Å². The Balaban J connectivity index is 3.72. The molecule has 0 spiro atoms. The fraction of sp³-hybridized carbons (Fsp3) is 0.600. The van der Waals surface area contributed by atoms with Crippen LogP contribution in [-0.2, 0) is 19.1 Å². The highest BCUT2D eigenvalue weighted by atomic mass is 16.5. The van der Waals surface area contributed by atoms with Gasteiger partial charge in [0.1, 0.15) is 0 Å². The van der Waals surface area contributed by atoms with Crippen molar-refractivity contribution in [2.45, 2.75) is 38.1 Å². The molecule has 3 atom stereocenters. The third-order valence-corrected chi connectivity index (χ3v) is 2.57. The van der Waals surface area contributed by atoms with Gasteiger partial charge in [-0.2, -0.15) is 0 Å². The second-order valence-electron chi connectivity index (χ2n) is 4.94. The minimum Gasteiger partial charge on any atom is -0.478 e. The number of hydrogen-bond donors (Lipinski definition) is 4. The number of aliphatic carboxylic acids is 2. The van der Waals surface area contributed by atoms with Crippen LogP contribution in [0.5, 0.6) is 0 Å². The maximum Gasteiger partial charge on any atom is 0.327 e. The summed E-state index contributed by atoms with van der Waals surface area (Å²) in [5.41, 5.74) is 0. The van der Waals surface area contributed by atoms with Gasteiger partial charge < -0.3 is 29.9 Å². The molecule has 0 radical (unpaired) electrons. The number of hydrogen-bond acceptors (Lipinski definition) is 6. The maximum absolute atomic E-state index is 10.2. The van der Waals surface area contributed by atoms with E-state index in [1.165, 1.54) is 12.2 Å². The van der Waals surface area contributed by atoms with E-state index < -0.39 is 24.1 Å². The molecule has 0 rings (SSSR count). The molecule has 132 valence electrons. The van der Waals surface area contributed by atoms with Crippen LogP contribution in [0.15, 0.2) is 24.3 Å². The lowest BCUT2D eigenvalue weighted by Gasteiger charge is -2.17. The second-order valence-corrected chi connectivity index (χ2v) is 4.94. The average Bonchev–Trinajstić information content (AvgIpc) is 2.44. The topological polar surface area (TPSA) is 134 Å². The van der Waals surface area contributed by atoms with Gasteiger partial charge in [-0.25, -0.2) is 9.59 Å². The standard InChI is InChI=1S/C15H24O8/c1-11(23-10-13(17)5-3-7-15(20)21)8-22-9-12(16)4-2-6-14(18)19/h2-3,6-7,11-13,16-17H,4-5,8-10H2,1H3,(H,18,19)(H,20,21). The van der Waals surface area contributed by atoms with E-state index >= 15 is 0 Å². The molecule has 0 heterocycles. The molecule has 0 aliphatic carbocycles. The number of aliphatic hydroxyl groups is 2. The molecular weight excluding hydrogens is 308 g/mol. The molecule has 3 unspecified atom stereocenters. The van der Waals surface area contributed by atoms with Crippen molar-refractivity contribution in [2.24, 2.45) is 0 Å². The Morgan fingerprint density at radius 2 is 1.39 bits per heavy atom. The first-order chi connectivity index (χ1) is 10.8. The van der Waals surface area contributed by atoms with Gasteiger partial charge in [-0.15, -0.1) is 0 Å². The third-order valence-electron chi connectivity index (χ3n) is 2.57. The smallest absolute Gasteiger partial charge is 0.327 e. The molecule has 8 heteroatoms. The summed E-state index contributed by atoms with van der Waals surface area (Å²) < 4.78 is 10.6. The Labute approximate surface area is 134 Å². The molecule has 0 saturated heterocycles. The van der Waals surface area contributed by atoms with E-state index in [1.54, 1.807) is 6.92 Å². The summed E-state index contributed by atoms with van der Waals surface area (Å²) in [5.74, 6) is -2.14. The quantitative estimate of drug-likeness (QED) is 0.351. The number of rotatable bonds is 13. The van der Waals surface area contributed by atoms with Crippen molar-refractivity contribution in [2.75, 3.05) is 19.8 Å². The molecular formula is C15H24O8. The van der Waals surface area contributed by atoms with Crippen molar-refractivity contribution in [1.82, 2.24) is 0 Å². The van der Waals surface area contributed by atoms with Gasteiger partial charge in [0.15, 0.2) is 0 Å². The van der Waals surface area contributed by atoms with Gasteiger partial charge in [0, 0.05) is 12.2 Å². The van der Waals surface area contributed by atoms with Gasteiger partial charge in [-0.3, -0.25) is 0 Å². The lowest BCUT2D eigenvalue weighted by atomic mass is 10.2. The SMILES string of the molecule is CC(COCC(O)CC=CC(=O)O)OCC(O)CC=CC(=O)O. The fourth-order valence-electron chi connectivity index (χ4n) is 1.48. The summed E-state index contributed by atoms with van der Waals surface area (Å²) in [6.07, 6.45) is 3.03. The van der Waals surface area contributed by atoms with Gasteiger partial charge in [-0.1, -0.05) is 12.2 Å². The molecule has 0 bridgehead atoms. The van der Waals surface area contributed by atoms with Gasteiger partial charge in [0.25, 0.3) is 0 Å². The Bertz CT molecular complexity index is 404. The van der Waals surface area contributed by atoms with Crippen LogP contribution >= 0.6 is 0 Å². The molecule has 8 nitrogen and oxygen atoms in total. The first kappa shape index (κ1) is 21.3. The fourth-order valence-corrected chi connectivity index (χ4v) is 1.48. The average molecular weight is 332 g/mol. The van der Waals surface area contributed by atoms with E-state index in [2.05, 4.69) is 0 Å². The van der Waals surface area contributed by atoms with Crippen LogP contribution in [0.4, 0.5) is 0 Å². The summed E-state index contributed by atoms with van der Waals surface area (Å²) >= 11 is 0. The summed E-state index contributed by atoms with van der Waals surface area (Å²) in [6, 6.07) is 0. The largest absolute Gasteiger partial charge is 0.478 e. The van der Waals surface area contributed by atoms with Gasteiger partial charge in [0.05, 0.1) is 38.1 Å². The van der Waals surface area contributed by atoms with Crippen LogP contribution in [0.1, 0.15) is 19.8 Å².